The first-order chi connectivity index (χ1) is 15.2. The Balaban J connectivity index is 2.20. The van der Waals surface area contributed by atoms with Crippen molar-refractivity contribution in [3.05, 3.63) is 82.7 Å². The van der Waals surface area contributed by atoms with Gasteiger partial charge in [0.1, 0.15) is 16.5 Å². The Kier molecular flexibility index (Phi) is 6.89. The van der Waals surface area contributed by atoms with Crippen molar-refractivity contribution in [2.45, 2.75) is 13.3 Å². The van der Waals surface area contributed by atoms with Gasteiger partial charge in [-0.2, -0.15) is 0 Å². The summed E-state index contributed by atoms with van der Waals surface area (Å²) >= 11 is 0. The molecule has 0 unspecified atom stereocenters. The monoisotopic (exact) mass is 457 g/mol. The molecule has 32 heavy (non-hydrogen) atoms. The molecule has 0 spiro atoms. The van der Waals surface area contributed by atoms with Crippen molar-refractivity contribution >= 4 is 34.0 Å². The van der Waals surface area contributed by atoms with Crippen molar-refractivity contribution in [3.63, 3.8) is 0 Å². The predicted octanol–water partition coefficient (Wildman–Crippen LogP) is 4.10. The van der Waals surface area contributed by atoms with Gasteiger partial charge in [-0.3, -0.25) is 0 Å². The minimum atomic E-state index is -2.58. The molecule has 3 N–H and O–H groups in total. The maximum atomic E-state index is 13.3. The summed E-state index contributed by atoms with van der Waals surface area (Å²) in [6.07, 6.45) is 0.233. The topological polar surface area (TPSA) is 121 Å². The SMILES string of the molecule is Cc1cc(-c2cc(CC[SH](=O)=O)ccc2Nc2ccc(F)cc2)c(C(=O)O)cc1C(=O)O. The van der Waals surface area contributed by atoms with Crippen molar-refractivity contribution in [3.8, 4) is 11.1 Å². The van der Waals surface area contributed by atoms with E-state index in [9.17, 15) is 32.6 Å². The van der Waals surface area contributed by atoms with E-state index in [2.05, 4.69) is 5.32 Å². The van der Waals surface area contributed by atoms with Crippen molar-refractivity contribution in [2.24, 2.45) is 0 Å². The van der Waals surface area contributed by atoms with Crippen LogP contribution in [0.15, 0.2) is 54.6 Å². The minimum Gasteiger partial charge on any atom is -0.478 e. The van der Waals surface area contributed by atoms with Crippen LogP contribution in [-0.4, -0.2) is 36.3 Å². The van der Waals surface area contributed by atoms with Crippen LogP contribution in [-0.2, 0) is 17.1 Å². The molecule has 0 aliphatic rings. The number of hydrogen-bond acceptors (Lipinski definition) is 5. The summed E-state index contributed by atoms with van der Waals surface area (Å²) in [6, 6.07) is 13.2. The van der Waals surface area contributed by atoms with Crippen LogP contribution in [0.2, 0.25) is 0 Å². The number of benzene rings is 3. The third-order valence-electron chi connectivity index (χ3n) is 4.91. The minimum absolute atomic E-state index is 0.0672. The molecular weight excluding hydrogens is 437 g/mol. The molecule has 0 fully saturated rings. The van der Waals surface area contributed by atoms with Crippen LogP contribution in [0.3, 0.4) is 0 Å². The van der Waals surface area contributed by atoms with Crippen molar-refractivity contribution in [1.29, 1.82) is 0 Å². The number of halogens is 1. The van der Waals surface area contributed by atoms with Gasteiger partial charge >= 0.3 is 11.9 Å². The largest absolute Gasteiger partial charge is 0.478 e. The van der Waals surface area contributed by atoms with Gasteiger partial charge in [0.05, 0.1) is 16.9 Å². The molecule has 0 atom stereocenters. The molecule has 0 aliphatic carbocycles. The maximum Gasteiger partial charge on any atom is 0.336 e. The Morgan fingerprint density at radius 3 is 2.16 bits per heavy atom. The number of anilines is 2. The van der Waals surface area contributed by atoms with Gasteiger partial charge < -0.3 is 15.5 Å². The molecule has 0 aromatic heterocycles. The number of aryl methyl sites for hydroxylation is 2. The van der Waals surface area contributed by atoms with Gasteiger partial charge in [-0.05, 0) is 78.6 Å². The fourth-order valence-corrected chi connectivity index (χ4v) is 3.77. The summed E-state index contributed by atoms with van der Waals surface area (Å²) in [6.45, 7) is 1.57. The average Bonchev–Trinajstić information content (AvgIpc) is 2.73. The Morgan fingerprint density at radius 2 is 1.56 bits per heavy atom. The molecule has 0 radical (unpaired) electrons. The molecule has 166 valence electrons. The van der Waals surface area contributed by atoms with Gasteiger partial charge in [0, 0.05) is 16.9 Å². The number of nitrogens with one attached hydrogen (secondary N) is 1. The number of carbonyl (C=O) groups is 2. The lowest BCUT2D eigenvalue weighted by molar-refractivity contribution is 0.0695. The molecule has 3 aromatic rings. The summed E-state index contributed by atoms with van der Waals surface area (Å²) in [5.41, 5.74) is 2.48. The van der Waals surface area contributed by atoms with E-state index in [0.717, 1.165) is 6.07 Å². The van der Waals surface area contributed by atoms with E-state index in [1.165, 1.54) is 30.3 Å². The summed E-state index contributed by atoms with van der Waals surface area (Å²) in [5.74, 6) is -3.02. The lowest BCUT2D eigenvalue weighted by Crippen LogP contribution is -2.08. The van der Waals surface area contributed by atoms with Crippen LogP contribution >= 0.6 is 0 Å². The van der Waals surface area contributed by atoms with Crippen LogP contribution in [0.25, 0.3) is 11.1 Å². The van der Waals surface area contributed by atoms with E-state index < -0.39 is 28.5 Å². The van der Waals surface area contributed by atoms with Gasteiger partial charge in [0.2, 0.25) is 0 Å². The van der Waals surface area contributed by atoms with E-state index in [0.29, 0.717) is 28.1 Å². The van der Waals surface area contributed by atoms with E-state index in [1.54, 1.807) is 25.1 Å². The molecule has 0 saturated carbocycles. The lowest BCUT2D eigenvalue weighted by atomic mass is 9.91. The zero-order chi connectivity index (χ0) is 23.4. The summed E-state index contributed by atoms with van der Waals surface area (Å²) < 4.78 is 35.3. The molecular formula is C23H20FNO6S. The molecule has 3 aromatic carbocycles. The highest BCUT2D eigenvalue weighted by Gasteiger charge is 2.20. The van der Waals surface area contributed by atoms with Gasteiger partial charge in [0.25, 0.3) is 0 Å². The van der Waals surface area contributed by atoms with E-state index in [-0.39, 0.29) is 28.9 Å². The molecule has 0 saturated heterocycles. The zero-order valence-electron chi connectivity index (χ0n) is 17.0. The smallest absolute Gasteiger partial charge is 0.336 e. The highest BCUT2D eigenvalue weighted by Crippen LogP contribution is 2.35. The Bertz CT molecular complexity index is 1260. The molecule has 3 rings (SSSR count). The summed E-state index contributed by atoms with van der Waals surface area (Å²) in [7, 11) is -2.58. The third-order valence-corrected chi connectivity index (χ3v) is 5.49. The fourth-order valence-electron chi connectivity index (χ4n) is 3.33. The quantitative estimate of drug-likeness (QED) is 0.376. The molecule has 7 nitrogen and oxygen atoms in total. The van der Waals surface area contributed by atoms with Crippen LogP contribution in [0.1, 0.15) is 31.8 Å². The van der Waals surface area contributed by atoms with E-state index in [1.807, 2.05) is 0 Å². The number of thiol groups is 1. The van der Waals surface area contributed by atoms with Gasteiger partial charge in [-0.25, -0.2) is 22.4 Å². The Hall–Kier alpha value is -3.72. The molecule has 0 bridgehead atoms. The molecule has 0 aliphatic heterocycles. The van der Waals surface area contributed by atoms with Crippen molar-refractivity contribution in [2.75, 3.05) is 11.1 Å². The highest BCUT2D eigenvalue weighted by molar-refractivity contribution is 7.72. The first-order valence-corrected chi connectivity index (χ1v) is 10.9. The molecule has 9 heteroatoms. The highest BCUT2D eigenvalue weighted by atomic mass is 32.2. The van der Waals surface area contributed by atoms with Gasteiger partial charge in [-0.1, -0.05) is 6.07 Å². The normalized spacial score (nSPS) is 10.8. The van der Waals surface area contributed by atoms with Crippen LogP contribution < -0.4 is 5.32 Å². The number of carboxylic acids is 2. The second kappa shape index (κ2) is 9.61. The number of carboxylic acid groups (broad SMARTS) is 2. The van der Waals surface area contributed by atoms with Crippen molar-refractivity contribution in [1.82, 2.24) is 0 Å². The Morgan fingerprint density at radius 1 is 0.906 bits per heavy atom. The summed E-state index contributed by atoms with van der Waals surface area (Å²) in [4.78, 5) is 23.4. The predicted molar refractivity (Wildman–Crippen MR) is 119 cm³/mol. The fraction of sp³-hybridized carbons (Fsp3) is 0.130. The zero-order valence-corrected chi connectivity index (χ0v) is 17.9. The molecule has 0 heterocycles. The number of aromatic carboxylic acids is 2. The lowest BCUT2D eigenvalue weighted by Gasteiger charge is -2.17. The first-order valence-electron chi connectivity index (χ1n) is 9.54. The maximum absolute atomic E-state index is 13.3. The number of hydrogen-bond donors (Lipinski definition) is 4. The average molecular weight is 457 g/mol. The van der Waals surface area contributed by atoms with E-state index >= 15 is 0 Å². The molecule has 0 amide bonds. The second-order valence-electron chi connectivity index (χ2n) is 7.14. The number of rotatable bonds is 8. The third kappa shape index (κ3) is 5.30. The van der Waals surface area contributed by atoms with Gasteiger partial charge in [0.15, 0.2) is 0 Å². The standard InChI is InChI=1S/C23H20FNO6S/c1-13-10-18(20(23(28)29)12-17(13)22(26)27)19-11-14(8-9-32(30)31)2-7-21(19)25-16-5-3-15(24)4-6-16/h2-7,10-12,25,32H,8-9H2,1H3,(H,26,27)(H,28,29). The first kappa shape index (κ1) is 23.0. The van der Waals surface area contributed by atoms with Crippen LogP contribution in [0.4, 0.5) is 15.8 Å². The van der Waals surface area contributed by atoms with Crippen LogP contribution in [0, 0.1) is 12.7 Å². The summed E-state index contributed by atoms with van der Waals surface area (Å²) in [5, 5.41) is 22.2. The van der Waals surface area contributed by atoms with Crippen LogP contribution in [0.5, 0.6) is 0 Å². The second-order valence-corrected chi connectivity index (χ2v) is 8.25. The van der Waals surface area contributed by atoms with Crippen molar-refractivity contribution < 1.29 is 32.6 Å². The Labute approximate surface area is 185 Å². The van der Waals surface area contributed by atoms with E-state index in [4.69, 9.17) is 0 Å². The van der Waals surface area contributed by atoms with Gasteiger partial charge in [-0.15, -0.1) is 0 Å².